The van der Waals surface area contributed by atoms with Crippen LogP contribution in [-0.4, -0.2) is 28.5 Å². The Hall–Kier alpha value is -2.43. The number of carbonyl (C=O) groups is 1. The van der Waals surface area contributed by atoms with E-state index in [1.165, 1.54) is 5.56 Å². The topological polar surface area (TPSA) is 58.1 Å². The number of carbonyl (C=O) groups excluding carboxylic acids is 1. The Labute approximate surface area is 137 Å². The Morgan fingerprint density at radius 2 is 1.91 bits per heavy atom. The van der Waals surface area contributed by atoms with Crippen LogP contribution in [0.2, 0.25) is 0 Å². The minimum Gasteiger partial charge on any atom is -0.352 e. The fraction of sp³-hybridized carbons (Fsp3) is 0.389. The molecule has 5 nitrogen and oxygen atoms in total. The first-order valence-electron chi connectivity index (χ1n) is 7.95. The van der Waals surface area contributed by atoms with E-state index >= 15 is 0 Å². The second-order valence-electron chi connectivity index (χ2n) is 5.79. The summed E-state index contributed by atoms with van der Waals surface area (Å²) in [6.07, 6.45) is 0. The van der Waals surface area contributed by atoms with Gasteiger partial charge >= 0.3 is 0 Å². The second kappa shape index (κ2) is 7.72. The highest BCUT2D eigenvalue weighted by atomic mass is 16.1. The first-order valence-corrected chi connectivity index (χ1v) is 7.95. The van der Waals surface area contributed by atoms with Crippen molar-refractivity contribution in [3.8, 4) is 0 Å². The fourth-order valence-electron chi connectivity index (χ4n) is 2.32. The lowest BCUT2D eigenvalue weighted by atomic mass is 10.2. The molecule has 0 radical (unpaired) electrons. The molecule has 0 saturated heterocycles. The maximum atomic E-state index is 12.2. The number of nitrogens with zero attached hydrogens (tertiary/aromatic N) is 3. The molecule has 0 aliphatic rings. The van der Waals surface area contributed by atoms with Gasteiger partial charge in [-0.05, 0) is 33.3 Å². The van der Waals surface area contributed by atoms with Crippen molar-refractivity contribution in [2.75, 3.05) is 11.4 Å². The number of aromatic nitrogens is 2. The zero-order valence-corrected chi connectivity index (χ0v) is 14.2. The predicted octanol–water partition coefficient (Wildman–Crippen LogP) is 2.95. The number of hydrogen-bond donors (Lipinski definition) is 1. The molecule has 1 heterocycles. The van der Waals surface area contributed by atoms with Gasteiger partial charge < -0.3 is 10.2 Å². The Morgan fingerprint density at radius 1 is 1.22 bits per heavy atom. The van der Waals surface area contributed by atoms with Crippen LogP contribution < -0.4 is 10.2 Å². The van der Waals surface area contributed by atoms with Crippen LogP contribution in [0, 0.1) is 6.92 Å². The van der Waals surface area contributed by atoms with Crippen molar-refractivity contribution in [3.63, 3.8) is 0 Å². The van der Waals surface area contributed by atoms with E-state index in [4.69, 9.17) is 0 Å². The summed E-state index contributed by atoms with van der Waals surface area (Å²) in [4.78, 5) is 23.1. The molecule has 1 amide bonds. The van der Waals surface area contributed by atoms with Crippen LogP contribution in [0.5, 0.6) is 0 Å². The fourth-order valence-corrected chi connectivity index (χ4v) is 2.32. The van der Waals surface area contributed by atoms with Crippen molar-refractivity contribution in [3.05, 3.63) is 53.5 Å². The summed E-state index contributed by atoms with van der Waals surface area (Å²) in [6.45, 7) is 9.30. The molecule has 23 heavy (non-hydrogen) atoms. The van der Waals surface area contributed by atoms with Crippen LogP contribution in [0.15, 0.2) is 36.4 Å². The molecule has 1 aromatic heterocycles. The Balaban J connectivity index is 2.26. The molecule has 0 atom stereocenters. The molecule has 2 rings (SSSR count). The van der Waals surface area contributed by atoms with Gasteiger partial charge in [0.1, 0.15) is 17.3 Å². The van der Waals surface area contributed by atoms with Gasteiger partial charge in [-0.3, -0.25) is 4.79 Å². The summed E-state index contributed by atoms with van der Waals surface area (Å²) >= 11 is 0. The van der Waals surface area contributed by atoms with E-state index in [1.807, 2.05) is 39.0 Å². The summed E-state index contributed by atoms with van der Waals surface area (Å²) in [6, 6.07) is 12.1. The van der Waals surface area contributed by atoms with Crippen molar-refractivity contribution in [2.24, 2.45) is 0 Å². The Kier molecular flexibility index (Phi) is 5.68. The van der Waals surface area contributed by atoms with Gasteiger partial charge in [0.2, 0.25) is 0 Å². The maximum Gasteiger partial charge on any atom is 0.270 e. The van der Waals surface area contributed by atoms with E-state index in [1.54, 1.807) is 6.07 Å². The SMILES string of the molecule is CCN(Cc1ccccc1)c1cc(C(=O)NC(C)C)nc(C)n1. The largest absolute Gasteiger partial charge is 0.352 e. The molecule has 5 heteroatoms. The average molecular weight is 312 g/mol. The molecular weight excluding hydrogens is 288 g/mol. The highest BCUT2D eigenvalue weighted by molar-refractivity contribution is 5.93. The molecule has 0 saturated carbocycles. The summed E-state index contributed by atoms with van der Waals surface area (Å²) in [5.74, 6) is 1.21. The van der Waals surface area contributed by atoms with Gasteiger partial charge in [-0.15, -0.1) is 0 Å². The average Bonchev–Trinajstić information content (AvgIpc) is 2.52. The zero-order valence-electron chi connectivity index (χ0n) is 14.2. The quantitative estimate of drug-likeness (QED) is 0.891. The minimum absolute atomic E-state index is 0.0767. The number of amides is 1. The van der Waals surface area contributed by atoms with Crippen molar-refractivity contribution in [1.29, 1.82) is 0 Å². The van der Waals surface area contributed by atoms with Crippen molar-refractivity contribution >= 4 is 11.7 Å². The van der Waals surface area contributed by atoms with Crippen LogP contribution in [-0.2, 0) is 6.54 Å². The van der Waals surface area contributed by atoms with Crippen molar-refractivity contribution in [1.82, 2.24) is 15.3 Å². The van der Waals surface area contributed by atoms with Crippen molar-refractivity contribution < 1.29 is 4.79 Å². The van der Waals surface area contributed by atoms with Gasteiger partial charge in [0.25, 0.3) is 5.91 Å². The number of benzene rings is 1. The third-order valence-electron chi connectivity index (χ3n) is 3.40. The standard InChI is InChI=1S/C18H24N4O/c1-5-22(12-15-9-7-6-8-10-15)17-11-16(20-14(4)21-17)18(23)19-13(2)3/h6-11,13H,5,12H2,1-4H3,(H,19,23). The first kappa shape index (κ1) is 16.9. The van der Waals surface area contributed by atoms with Gasteiger partial charge in [0.05, 0.1) is 0 Å². The molecule has 2 aromatic rings. The third kappa shape index (κ3) is 4.77. The molecule has 1 N–H and O–H groups in total. The van der Waals surface area contributed by atoms with Crippen LogP contribution in [0.25, 0.3) is 0 Å². The first-order chi connectivity index (χ1) is 11.0. The number of anilines is 1. The number of nitrogens with one attached hydrogen (secondary N) is 1. The second-order valence-corrected chi connectivity index (χ2v) is 5.79. The Morgan fingerprint density at radius 3 is 2.52 bits per heavy atom. The highest BCUT2D eigenvalue weighted by Crippen LogP contribution is 2.16. The van der Waals surface area contributed by atoms with E-state index in [2.05, 4.69) is 39.2 Å². The lowest BCUT2D eigenvalue weighted by molar-refractivity contribution is 0.0937. The van der Waals surface area contributed by atoms with Crippen LogP contribution in [0.4, 0.5) is 5.82 Å². The Bertz CT molecular complexity index is 655. The normalized spacial score (nSPS) is 10.7. The van der Waals surface area contributed by atoms with Gasteiger partial charge in [-0.1, -0.05) is 30.3 Å². The molecule has 0 unspecified atom stereocenters. The van der Waals surface area contributed by atoms with E-state index < -0.39 is 0 Å². The van der Waals surface area contributed by atoms with Gasteiger partial charge in [-0.2, -0.15) is 0 Å². The minimum atomic E-state index is -0.164. The number of hydrogen-bond acceptors (Lipinski definition) is 4. The summed E-state index contributed by atoms with van der Waals surface area (Å²) in [5.41, 5.74) is 1.62. The third-order valence-corrected chi connectivity index (χ3v) is 3.40. The highest BCUT2D eigenvalue weighted by Gasteiger charge is 2.14. The summed E-state index contributed by atoms with van der Waals surface area (Å²) in [7, 11) is 0. The van der Waals surface area contributed by atoms with E-state index in [0.29, 0.717) is 11.5 Å². The number of aryl methyl sites for hydroxylation is 1. The summed E-state index contributed by atoms with van der Waals surface area (Å²) < 4.78 is 0. The van der Waals surface area contributed by atoms with Crippen molar-refractivity contribution in [2.45, 2.75) is 40.3 Å². The predicted molar refractivity (Wildman–Crippen MR) is 92.5 cm³/mol. The molecular formula is C18H24N4O. The zero-order chi connectivity index (χ0) is 16.8. The van der Waals surface area contributed by atoms with Crippen LogP contribution in [0.1, 0.15) is 42.6 Å². The molecule has 0 aliphatic heterocycles. The van der Waals surface area contributed by atoms with Gasteiger partial charge in [0, 0.05) is 25.2 Å². The smallest absolute Gasteiger partial charge is 0.270 e. The molecule has 0 aliphatic carbocycles. The van der Waals surface area contributed by atoms with Gasteiger partial charge in [0.15, 0.2) is 0 Å². The number of rotatable bonds is 6. The molecule has 0 fully saturated rings. The van der Waals surface area contributed by atoms with Crippen LogP contribution in [0.3, 0.4) is 0 Å². The van der Waals surface area contributed by atoms with Crippen LogP contribution >= 0.6 is 0 Å². The van der Waals surface area contributed by atoms with E-state index in [0.717, 1.165) is 18.9 Å². The monoisotopic (exact) mass is 312 g/mol. The van der Waals surface area contributed by atoms with E-state index in [-0.39, 0.29) is 11.9 Å². The summed E-state index contributed by atoms with van der Waals surface area (Å²) in [5, 5.41) is 2.87. The van der Waals surface area contributed by atoms with Gasteiger partial charge in [-0.25, -0.2) is 9.97 Å². The lowest BCUT2D eigenvalue weighted by Gasteiger charge is -2.23. The molecule has 122 valence electrons. The maximum absolute atomic E-state index is 12.2. The molecule has 0 bridgehead atoms. The molecule has 1 aromatic carbocycles. The molecule has 0 spiro atoms. The van der Waals surface area contributed by atoms with E-state index in [9.17, 15) is 4.79 Å². The lowest BCUT2D eigenvalue weighted by Crippen LogP contribution is -2.31.